The number of rotatable bonds is 2. The third kappa shape index (κ3) is 4.27. The molecule has 1 aliphatic rings. The van der Waals surface area contributed by atoms with Crippen LogP contribution in [0.5, 0.6) is 0 Å². The molecule has 0 atom stereocenters. The topological polar surface area (TPSA) is 45.2 Å². The molecule has 0 spiro atoms. The number of piperidine rings is 1. The highest BCUT2D eigenvalue weighted by molar-refractivity contribution is 6.32. The first kappa shape index (κ1) is 20.0. The van der Waals surface area contributed by atoms with Gasteiger partial charge in [0, 0.05) is 35.7 Å². The van der Waals surface area contributed by atoms with Crippen LogP contribution in [0.4, 0.5) is 0 Å². The maximum Gasteiger partial charge on any atom is 0.256 e. The normalized spacial score (nSPS) is 15.0. The minimum atomic E-state index is 0. The van der Waals surface area contributed by atoms with Crippen molar-refractivity contribution in [3.63, 3.8) is 0 Å². The highest BCUT2D eigenvalue weighted by atomic mass is 35.5. The van der Waals surface area contributed by atoms with Crippen molar-refractivity contribution in [2.45, 2.75) is 18.9 Å². The molecule has 23 heavy (non-hydrogen) atoms. The number of nitrogens with zero attached hydrogens (tertiary/aromatic N) is 2. The summed E-state index contributed by atoms with van der Waals surface area (Å²) in [6.07, 6.45) is 3.67. The summed E-state index contributed by atoms with van der Waals surface area (Å²) in [4.78, 5) is 19.0. The van der Waals surface area contributed by atoms with Gasteiger partial charge >= 0.3 is 0 Å². The molecule has 1 saturated heterocycles. The summed E-state index contributed by atoms with van der Waals surface area (Å²) >= 11 is 6.14. The molecule has 0 bridgehead atoms. The lowest BCUT2D eigenvalue weighted by Crippen LogP contribution is -2.44. The van der Waals surface area contributed by atoms with E-state index < -0.39 is 0 Å². The van der Waals surface area contributed by atoms with Crippen LogP contribution < -0.4 is 5.32 Å². The largest absolute Gasteiger partial charge is 0.338 e. The number of nitrogens with one attached hydrogen (secondary N) is 1. The van der Waals surface area contributed by atoms with Crippen LogP contribution in [0.3, 0.4) is 0 Å². The monoisotopic (exact) mass is 375 g/mol. The molecule has 0 aliphatic carbocycles. The number of halogens is 3. The first-order valence-corrected chi connectivity index (χ1v) is 7.57. The molecule has 4 nitrogen and oxygen atoms in total. The van der Waals surface area contributed by atoms with E-state index in [1.165, 1.54) is 0 Å². The summed E-state index contributed by atoms with van der Waals surface area (Å²) in [6.45, 7) is 1.54. The van der Waals surface area contributed by atoms with Crippen molar-refractivity contribution >= 4 is 53.2 Å². The van der Waals surface area contributed by atoms with Gasteiger partial charge in [0.05, 0.1) is 11.1 Å². The molecule has 1 N–H and O–H groups in total. The zero-order valence-corrected chi connectivity index (χ0v) is 15.2. The summed E-state index contributed by atoms with van der Waals surface area (Å²) in [6, 6.07) is 7.85. The first-order valence-electron chi connectivity index (χ1n) is 7.20. The van der Waals surface area contributed by atoms with Crippen LogP contribution in [-0.4, -0.2) is 42.0 Å². The number of hydrogen-bond donors (Lipinski definition) is 1. The van der Waals surface area contributed by atoms with Gasteiger partial charge < -0.3 is 10.2 Å². The molecule has 1 amide bonds. The molecular weight excluding hydrogens is 357 g/mol. The molecule has 2 heterocycles. The fourth-order valence-electron chi connectivity index (χ4n) is 2.86. The van der Waals surface area contributed by atoms with E-state index in [1.807, 2.05) is 30.1 Å². The zero-order chi connectivity index (χ0) is 14.8. The van der Waals surface area contributed by atoms with E-state index >= 15 is 0 Å². The van der Waals surface area contributed by atoms with Gasteiger partial charge in [0.15, 0.2) is 0 Å². The summed E-state index contributed by atoms with van der Waals surface area (Å²) < 4.78 is 0. The van der Waals surface area contributed by atoms with E-state index in [0.717, 1.165) is 36.8 Å². The average molecular weight is 377 g/mol. The van der Waals surface area contributed by atoms with Crippen LogP contribution in [0.2, 0.25) is 5.02 Å². The second-order valence-corrected chi connectivity index (χ2v) is 5.82. The van der Waals surface area contributed by atoms with Crippen molar-refractivity contribution in [2.24, 2.45) is 0 Å². The molecule has 1 aromatic heterocycles. The summed E-state index contributed by atoms with van der Waals surface area (Å²) in [5, 5.41) is 4.74. The summed E-state index contributed by atoms with van der Waals surface area (Å²) in [5.41, 5.74) is 1.32. The highest BCUT2D eigenvalue weighted by Gasteiger charge is 2.24. The number of pyridine rings is 1. The van der Waals surface area contributed by atoms with E-state index in [4.69, 9.17) is 11.6 Å². The van der Waals surface area contributed by atoms with Crippen molar-refractivity contribution in [1.82, 2.24) is 15.2 Å². The van der Waals surface area contributed by atoms with E-state index in [0.29, 0.717) is 16.6 Å². The third-order valence-corrected chi connectivity index (χ3v) is 4.31. The number of aromatic nitrogens is 1. The standard InChI is InChI=1S/C16H18ClN3O.2ClH/c1-18-13-4-7-20(8-5-13)16(21)14-10-12(17)9-11-3-2-6-19-15(11)14;;/h2-3,6,9-10,13,18H,4-5,7-8H2,1H3;2*1H. The lowest BCUT2D eigenvalue weighted by molar-refractivity contribution is 0.0709. The number of hydrogen-bond acceptors (Lipinski definition) is 3. The fraction of sp³-hybridized carbons (Fsp3) is 0.375. The quantitative estimate of drug-likeness (QED) is 0.871. The van der Waals surface area contributed by atoms with Crippen molar-refractivity contribution in [3.8, 4) is 0 Å². The SMILES string of the molecule is CNC1CCN(C(=O)c2cc(Cl)cc3cccnc23)CC1.Cl.Cl. The van der Waals surface area contributed by atoms with Crippen LogP contribution in [0.25, 0.3) is 10.9 Å². The van der Waals surface area contributed by atoms with Gasteiger partial charge in [-0.15, -0.1) is 24.8 Å². The van der Waals surface area contributed by atoms with E-state index in [2.05, 4.69) is 10.3 Å². The molecule has 1 aromatic carbocycles. The maximum absolute atomic E-state index is 12.8. The predicted octanol–water partition coefficient (Wildman–Crippen LogP) is 3.56. The molecule has 126 valence electrons. The summed E-state index contributed by atoms with van der Waals surface area (Å²) in [5.74, 6) is 0.0238. The Kier molecular flexibility index (Phi) is 7.55. The van der Waals surface area contributed by atoms with E-state index in [-0.39, 0.29) is 30.7 Å². The Morgan fingerprint density at radius 3 is 2.65 bits per heavy atom. The van der Waals surface area contributed by atoms with Gasteiger partial charge in [-0.25, -0.2) is 0 Å². The molecule has 1 fully saturated rings. The Labute approximate surface area is 153 Å². The highest BCUT2D eigenvalue weighted by Crippen LogP contribution is 2.24. The number of carbonyl (C=O) groups is 1. The van der Waals surface area contributed by atoms with Gasteiger partial charge in [-0.05, 0) is 38.1 Å². The average Bonchev–Trinajstić information content (AvgIpc) is 2.53. The second kappa shape index (κ2) is 8.69. The Morgan fingerprint density at radius 1 is 1.30 bits per heavy atom. The third-order valence-electron chi connectivity index (χ3n) is 4.09. The van der Waals surface area contributed by atoms with Crippen LogP contribution in [0, 0.1) is 0 Å². The molecule has 3 rings (SSSR count). The molecule has 7 heteroatoms. The molecule has 0 saturated carbocycles. The van der Waals surface area contributed by atoms with Gasteiger partial charge in [0.1, 0.15) is 0 Å². The van der Waals surface area contributed by atoms with Crippen LogP contribution >= 0.6 is 36.4 Å². The van der Waals surface area contributed by atoms with E-state index in [9.17, 15) is 4.79 Å². The van der Waals surface area contributed by atoms with Crippen molar-refractivity contribution in [3.05, 3.63) is 41.0 Å². The fourth-order valence-corrected chi connectivity index (χ4v) is 3.09. The number of fused-ring (bicyclic) bond motifs is 1. The lowest BCUT2D eigenvalue weighted by atomic mass is 10.0. The van der Waals surface area contributed by atoms with Crippen molar-refractivity contribution < 1.29 is 4.79 Å². The lowest BCUT2D eigenvalue weighted by Gasteiger charge is -2.32. The van der Waals surface area contributed by atoms with Crippen LogP contribution in [-0.2, 0) is 0 Å². The Hall–Kier alpha value is -1.07. The number of benzene rings is 1. The molecule has 2 aromatic rings. The Morgan fingerprint density at radius 2 is 2.00 bits per heavy atom. The van der Waals surface area contributed by atoms with Gasteiger partial charge in [-0.3, -0.25) is 9.78 Å². The second-order valence-electron chi connectivity index (χ2n) is 5.38. The Bertz CT molecular complexity index is 673. The smallest absolute Gasteiger partial charge is 0.256 e. The van der Waals surface area contributed by atoms with Crippen molar-refractivity contribution in [1.29, 1.82) is 0 Å². The van der Waals surface area contributed by atoms with Crippen LogP contribution in [0.15, 0.2) is 30.5 Å². The molecule has 0 unspecified atom stereocenters. The van der Waals surface area contributed by atoms with Crippen LogP contribution in [0.1, 0.15) is 23.2 Å². The maximum atomic E-state index is 12.8. The molecule has 1 aliphatic heterocycles. The van der Waals surface area contributed by atoms with Gasteiger partial charge in [0.2, 0.25) is 0 Å². The minimum absolute atomic E-state index is 0. The molecule has 0 radical (unpaired) electrons. The zero-order valence-electron chi connectivity index (χ0n) is 12.8. The van der Waals surface area contributed by atoms with Crippen molar-refractivity contribution in [2.75, 3.05) is 20.1 Å². The van der Waals surface area contributed by atoms with Gasteiger partial charge in [0.25, 0.3) is 5.91 Å². The number of likely N-dealkylation sites (tertiary alicyclic amines) is 1. The minimum Gasteiger partial charge on any atom is -0.338 e. The van der Waals surface area contributed by atoms with E-state index in [1.54, 1.807) is 12.3 Å². The Balaban J connectivity index is 0.00000132. The summed E-state index contributed by atoms with van der Waals surface area (Å²) in [7, 11) is 1.97. The molecular formula is C16H20Cl3N3O. The van der Waals surface area contributed by atoms with Gasteiger partial charge in [-0.2, -0.15) is 0 Å². The number of carbonyl (C=O) groups excluding carboxylic acids is 1. The number of amides is 1. The predicted molar refractivity (Wildman–Crippen MR) is 99.2 cm³/mol. The first-order chi connectivity index (χ1) is 10.2. The van der Waals surface area contributed by atoms with Gasteiger partial charge in [-0.1, -0.05) is 17.7 Å².